The van der Waals surface area contributed by atoms with Crippen LogP contribution in [0.3, 0.4) is 0 Å². The summed E-state index contributed by atoms with van der Waals surface area (Å²) in [7, 11) is 0. The van der Waals surface area contributed by atoms with Crippen LogP contribution in [0.15, 0.2) is 24.3 Å². The van der Waals surface area contributed by atoms with Crippen LogP contribution in [0.2, 0.25) is 10.0 Å². The van der Waals surface area contributed by atoms with E-state index in [1.165, 1.54) is 15.3 Å². The van der Waals surface area contributed by atoms with E-state index in [-0.39, 0.29) is 18.5 Å². The molecule has 3 rings (SSSR count). The Morgan fingerprint density at radius 1 is 1.25 bits per heavy atom. The fourth-order valence-corrected chi connectivity index (χ4v) is 3.58. The minimum Gasteiger partial charge on any atom is -0.484 e. The number of fused-ring (bicyclic) bond motifs is 1. The third-order valence-corrected chi connectivity index (χ3v) is 4.90. The molecule has 2 aromatic rings. The van der Waals surface area contributed by atoms with Crippen LogP contribution >= 0.6 is 46.9 Å². The van der Waals surface area contributed by atoms with Gasteiger partial charge in [0.1, 0.15) is 11.9 Å². The predicted molar refractivity (Wildman–Crippen MR) is 87.8 cm³/mol. The Labute approximate surface area is 138 Å². The van der Waals surface area contributed by atoms with Gasteiger partial charge < -0.3 is 10.1 Å². The van der Waals surface area contributed by atoms with Crippen LogP contribution in [-0.4, -0.2) is 6.54 Å². The summed E-state index contributed by atoms with van der Waals surface area (Å²) in [4.78, 5) is 2.67. The van der Waals surface area contributed by atoms with Gasteiger partial charge in [0.05, 0.1) is 10.0 Å². The van der Waals surface area contributed by atoms with E-state index < -0.39 is 0 Å². The highest BCUT2D eigenvalue weighted by molar-refractivity contribution is 7.12. The molecule has 0 bridgehead atoms. The third-order valence-electron chi connectivity index (χ3n) is 3.10. The molecule has 0 amide bonds. The van der Waals surface area contributed by atoms with E-state index in [0.29, 0.717) is 10.0 Å². The minimum absolute atomic E-state index is 0. The fraction of sp³-hybridized carbons (Fsp3) is 0.286. The third kappa shape index (κ3) is 3.23. The van der Waals surface area contributed by atoms with Gasteiger partial charge in [-0.05, 0) is 25.1 Å². The van der Waals surface area contributed by atoms with Gasteiger partial charge in [0.15, 0.2) is 0 Å². The van der Waals surface area contributed by atoms with E-state index in [1.807, 2.05) is 17.4 Å². The van der Waals surface area contributed by atoms with Crippen molar-refractivity contribution >= 4 is 46.9 Å². The first-order chi connectivity index (χ1) is 9.13. The number of hydrogen-bond donors (Lipinski definition) is 1. The number of nitrogens with one attached hydrogen (secondary N) is 1. The van der Waals surface area contributed by atoms with E-state index in [9.17, 15) is 0 Å². The zero-order chi connectivity index (χ0) is 13.4. The lowest BCUT2D eigenvalue weighted by Gasteiger charge is -2.24. The molecular formula is C14H14Cl3NOS. The highest BCUT2D eigenvalue weighted by Gasteiger charge is 2.23. The summed E-state index contributed by atoms with van der Waals surface area (Å²) in [5.74, 6) is 0.748. The summed E-state index contributed by atoms with van der Waals surface area (Å²) >= 11 is 13.7. The number of benzene rings is 1. The van der Waals surface area contributed by atoms with Crippen molar-refractivity contribution in [3.8, 4) is 5.75 Å². The first-order valence-corrected chi connectivity index (χ1v) is 7.62. The Morgan fingerprint density at radius 3 is 2.80 bits per heavy atom. The second-order valence-electron chi connectivity index (χ2n) is 4.55. The van der Waals surface area contributed by atoms with Crippen LogP contribution in [-0.2, 0) is 6.54 Å². The van der Waals surface area contributed by atoms with Crippen LogP contribution in [0.4, 0.5) is 0 Å². The van der Waals surface area contributed by atoms with E-state index in [1.54, 1.807) is 12.1 Å². The smallest absolute Gasteiger partial charge is 0.137 e. The van der Waals surface area contributed by atoms with Crippen LogP contribution < -0.4 is 10.1 Å². The van der Waals surface area contributed by atoms with Crippen molar-refractivity contribution in [1.82, 2.24) is 5.32 Å². The van der Waals surface area contributed by atoms with Crippen LogP contribution in [0, 0.1) is 6.92 Å². The average Bonchev–Trinajstić information content (AvgIpc) is 2.75. The highest BCUT2D eigenvalue weighted by atomic mass is 35.5. The molecule has 1 unspecified atom stereocenters. The molecule has 1 atom stereocenters. The van der Waals surface area contributed by atoms with Gasteiger partial charge in [-0.3, -0.25) is 0 Å². The van der Waals surface area contributed by atoms with Crippen LogP contribution in [0.1, 0.15) is 21.4 Å². The summed E-state index contributed by atoms with van der Waals surface area (Å²) in [6.07, 6.45) is 0.0333. The standard InChI is InChI=1S/C14H13Cl2NOS.ClH/c1-8-4-10-13(6-17-7-14(10)19-8)18-9-2-3-11(15)12(16)5-9;/h2-5,13,17H,6-7H2,1H3;1H. The average molecular weight is 351 g/mol. The lowest BCUT2D eigenvalue weighted by atomic mass is 10.1. The summed E-state index contributed by atoms with van der Waals surface area (Å²) in [5.41, 5.74) is 1.28. The lowest BCUT2D eigenvalue weighted by molar-refractivity contribution is 0.193. The molecule has 0 radical (unpaired) electrons. The normalized spacial score (nSPS) is 17.2. The Hall–Kier alpha value is -0.450. The number of hydrogen-bond acceptors (Lipinski definition) is 3. The first-order valence-electron chi connectivity index (χ1n) is 6.05. The fourth-order valence-electron chi connectivity index (χ4n) is 2.24. The van der Waals surface area contributed by atoms with Crippen LogP contribution in [0.25, 0.3) is 0 Å². The Kier molecular flexibility index (Phi) is 5.21. The lowest BCUT2D eigenvalue weighted by Crippen LogP contribution is -2.29. The molecular weight excluding hydrogens is 337 g/mol. The van der Waals surface area contributed by atoms with E-state index in [4.69, 9.17) is 27.9 Å². The molecule has 20 heavy (non-hydrogen) atoms. The molecule has 1 N–H and O–H groups in total. The highest BCUT2D eigenvalue weighted by Crippen LogP contribution is 2.34. The maximum Gasteiger partial charge on any atom is 0.137 e. The Morgan fingerprint density at radius 2 is 2.05 bits per heavy atom. The molecule has 2 heterocycles. The zero-order valence-electron chi connectivity index (χ0n) is 10.8. The van der Waals surface area contributed by atoms with Crippen LogP contribution in [0.5, 0.6) is 5.75 Å². The molecule has 1 aliphatic heterocycles. The van der Waals surface area contributed by atoms with Gasteiger partial charge in [-0.15, -0.1) is 23.7 Å². The van der Waals surface area contributed by atoms with Crippen molar-refractivity contribution < 1.29 is 4.74 Å². The Balaban J connectivity index is 0.00000147. The van der Waals surface area contributed by atoms with Gasteiger partial charge in [0, 0.05) is 34.5 Å². The maximum absolute atomic E-state index is 6.03. The largest absolute Gasteiger partial charge is 0.484 e. The molecule has 108 valence electrons. The van der Waals surface area contributed by atoms with Crippen molar-refractivity contribution in [3.63, 3.8) is 0 Å². The monoisotopic (exact) mass is 349 g/mol. The van der Waals surface area contributed by atoms with Crippen molar-refractivity contribution in [1.29, 1.82) is 0 Å². The topological polar surface area (TPSA) is 21.3 Å². The van der Waals surface area contributed by atoms with E-state index >= 15 is 0 Å². The van der Waals surface area contributed by atoms with Gasteiger partial charge in [-0.1, -0.05) is 23.2 Å². The zero-order valence-corrected chi connectivity index (χ0v) is 13.9. The van der Waals surface area contributed by atoms with Gasteiger partial charge in [0.25, 0.3) is 0 Å². The van der Waals surface area contributed by atoms with Gasteiger partial charge in [-0.25, -0.2) is 0 Å². The van der Waals surface area contributed by atoms with Crippen molar-refractivity contribution in [3.05, 3.63) is 49.6 Å². The molecule has 0 saturated heterocycles. The SMILES string of the molecule is Cc1cc2c(s1)CNCC2Oc1ccc(Cl)c(Cl)c1.Cl. The molecule has 0 aliphatic carbocycles. The second-order valence-corrected chi connectivity index (χ2v) is 6.70. The number of ether oxygens (including phenoxy) is 1. The quantitative estimate of drug-likeness (QED) is 0.822. The molecule has 1 aliphatic rings. The number of thiophene rings is 1. The van der Waals surface area contributed by atoms with Crippen molar-refractivity contribution in [2.45, 2.75) is 19.6 Å². The molecule has 1 aromatic carbocycles. The van der Waals surface area contributed by atoms with Gasteiger partial charge in [0.2, 0.25) is 0 Å². The van der Waals surface area contributed by atoms with Crippen molar-refractivity contribution in [2.24, 2.45) is 0 Å². The molecule has 6 heteroatoms. The Bertz CT molecular complexity index is 614. The summed E-state index contributed by atoms with van der Waals surface area (Å²) in [5, 5.41) is 4.44. The number of rotatable bonds is 2. The maximum atomic E-state index is 6.03. The summed E-state index contributed by atoms with van der Waals surface area (Å²) in [6, 6.07) is 7.58. The second kappa shape index (κ2) is 6.54. The summed E-state index contributed by atoms with van der Waals surface area (Å²) < 4.78 is 6.03. The molecule has 1 aromatic heterocycles. The first kappa shape index (κ1) is 15.9. The van der Waals surface area contributed by atoms with Gasteiger partial charge in [-0.2, -0.15) is 0 Å². The molecule has 0 spiro atoms. The van der Waals surface area contributed by atoms with E-state index in [0.717, 1.165) is 18.8 Å². The number of halogens is 3. The summed E-state index contributed by atoms with van der Waals surface area (Å²) in [6.45, 7) is 3.86. The van der Waals surface area contributed by atoms with Crippen molar-refractivity contribution in [2.75, 3.05) is 6.54 Å². The predicted octanol–water partition coefficient (Wildman–Crippen LogP) is 5.01. The molecule has 2 nitrogen and oxygen atoms in total. The van der Waals surface area contributed by atoms with Gasteiger partial charge >= 0.3 is 0 Å². The molecule has 0 saturated carbocycles. The van der Waals surface area contributed by atoms with E-state index in [2.05, 4.69) is 18.3 Å². The minimum atomic E-state index is 0. The molecule has 0 fully saturated rings. The number of aryl methyl sites for hydroxylation is 1.